The van der Waals surface area contributed by atoms with E-state index in [1.165, 1.54) is 12.8 Å². The third kappa shape index (κ3) is 4.46. The van der Waals surface area contributed by atoms with E-state index < -0.39 is 0 Å². The molecule has 1 amide bonds. The van der Waals surface area contributed by atoms with Crippen molar-refractivity contribution in [2.24, 2.45) is 5.73 Å². The van der Waals surface area contributed by atoms with Gasteiger partial charge in [-0.05, 0) is 39.2 Å². The first kappa shape index (κ1) is 16.4. The van der Waals surface area contributed by atoms with Gasteiger partial charge in [0.1, 0.15) is 0 Å². The van der Waals surface area contributed by atoms with Gasteiger partial charge in [-0.3, -0.25) is 9.69 Å². The zero-order valence-electron chi connectivity index (χ0n) is 12.9. The van der Waals surface area contributed by atoms with Crippen LogP contribution in [0.25, 0.3) is 0 Å². The van der Waals surface area contributed by atoms with Gasteiger partial charge in [0, 0.05) is 18.1 Å². The van der Waals surface area contributed by atoms with Crippen LogP contribution in [0.2, 0.25) is 0 Å². The van der Waals surface area contributed by atoms with Gasteiger partial charge < -0.3 is 11.1 Å². The van der Waals surface area contributed by atoms with Crippen molar-refractivity contribution in [3.8, 4) is 0 Å². The van der Waals surface area contributed by atoms with Crippen LogP contribution >= 0.6 is 0 Å². The lowest BCUT2D eigenvalue weighted by molar-refractivity contribution is -0.124. The zero-order chi connectivity index (χ0) is 14.3. The monoisotopic (exact) mass is 269 g/mol. The molecule has 1 fully saturated rings. The Morgan fingerprint density at radius 2 is 2.00 bits per heavy atom. The first-order valence-electron chi connectivity index (χ1n) is 7.82. The maximum Gasteiger partial charge on any atom is 0.234 e. The number of hydrogen-bond acceptors (Lipinski definition) is 3. The smallest absolute Gasteiger partial charge is 0.234 e. The molecule has 3 N–H and O–H groups in total. The molecule has 1 aliphatic carbocycles. The summed E-state index contributed by atoms with van der Waals surface area (Å²) in [6.07, 6.45) is 6.80. The predicted octanol–water partition coefficient (Wildman–Crippen LogP) is 1.88. The molecular weight excluding hydrogens is 238 g/mol. The van der Waals surface area contributed by atoms with Crippen molar-refractivity contribution in [2.45, 2.75) is 70.9 Å². The molecule has 0 heterocycles. The van der Waals surface area contributed by atoms with Crippen LogP contribution < -0.4 is 11.1 Å². The van der Waals surface area contributed by atoms with Crippen LogP contribution in [0, 0.1) is 0 Å². The fourth-order valence-corrected chi connectivity index (χ4v) is 3.03. The Labute approximate surface area is 118 Å². The summed E-state index contributed by atoms with van der Waals surface area (Å²) in [4.78, 5) is 14.4. The van der Waals surface area contributed by atoms with Crippen LogP contribution in [0.4, 0.5) is 0 Å². The second-order valence-corrected chi connectivity index (χ2v) is 5.93. The Morgan fingerprint density at radius 3 is 2.47 bits per heavy atom. The highest BCUT2D eigenvalue weighted by molar-refractivity contribution is 5.78. The molecule has 1 aliphatic rings. The van der Waals surface area contributed by atoms with Crippen molar-refractivity contribution < 1.29 is 4.79 Å². The molecule has 0 aromatic rings. The lowest BCUT2D eigenvalue weighted by Gasteiger charge is -2.40. The van der Waals surface area contributed by atoms with Crippen LogP contribution in [0.1, 0.15) is 59.3 Å². The number of rotatable bonds is 8. The highest BCUT2D eigenvalue weighted by Gasteiger charge is 2.38. The van der Waals surface area contributed by atoms with E-state index in [1.807, 2.05) is 0 Å². The highest BCUT2D eigenvalue weighted by Crippen LogP contribution is 2.34. The van der Waals surface area contributed by atoms with E-state index >= 15 is 0 Å². The van der Waals surface area contributed by atoms with Crippen LogP contribution in [0.15, 0.2) is 0 Å². The molecule has 0 radical (unpaired) electrons. The van der Waals surface area contributed by atoms with Crippen molar-refractivity contribution in [1.29, 1.82) is 0 Å². The minimum atomic E-state index is 0.0722. The molecule has 1 unspecified atom stereocenters. The van der Waals surface area contributed by atoms with Crippen LogP contribution in [-0.2, 0) is 4.79 Å². The molecule has 1 atom stereocenters. The average molecular weight is 269 g/mol. The van der Waals surface area contributed by atoms with Gasteiger partial charge in [-0.25, -0.2) is 0 Å². The number of amides is 1. The molecule has 1 rings (SSSR count). The van der Waals surface area contributed by atoms with Crippen molar-refractivity contribution in [3.05, 3.63) is 0 Å². The summed E-state index contributed by atoms with van der Waals surface area (Å²) in [5.41, 5.74) is 6.10. The minimum absolute atomic E-state index is 0.0722. The van der Waals surface area contributed by atoms with Gasteiger partial charge in [0.2, 0.25) is 5.91 Å². The number of hydrogen-bond donors (Lipinski definition) is 2. The zero-order valence-corrected chi connectivity index (χ0v) is 12.9. The van der Waals surface area contributed by atoms with Gasteiger partial charge in [-0.2, -0.15) is 0 Å². The largest absolute Gasteiger partial charge is 0.353 e. The molecule has 1 saturated carbocycles. The second-order valence-electron chi connectivity index (χ2n) is 5.93. The van der Waals surface area contributed by atoms with Crippen LogP contribution in [-0.4, -0.2) is 42.0 Å². The molecule has 0 spiro atoms. The fraction of sp³-hybridized carbons (Fsp3) is 0.933. The summed E-state index contributed by atoms with van der Waals surface area (Å²) in [5.74, 6) is 0.141. The minimum Gasteiger partial charge on any atom is -0.353 e. The Kier molecular flexibility index (Phi) is 6.80. The molecular formula is C15H31N3O. The SMILES string of the molecule is CCCN(CC(=O)NC(C)CC)C1(CN)CCCC1. The Morgan fingerprint density at radius 1 is 1.37 bits per heavy atom. The molecule has 19 heavy (non-hydrogen) atoms. The van der Waals surface area contributed by atoms with E-state index in [-0.39, 0.29) is 17.5 Å². The molecule has 112 valence electrons. The number of nitrogens with two attached hydrogens (primary N) is 1. The Bertz CT molecular complexity index is 275. The Hall–Kier alpha value is -0.610. The summed E-state index contributed by atoms with van der Waals surface area (Å²) in [6, 6.07) is 0.258. The van der Waals surface area contributed by atoms with Gasteiger partial charge >= 0.3 is 0 Å². The molecule has 4 nitrogen and oxygen atoms in total. The number of carbonyl (C=O) groups excluding carboxylic acids is 1. The second kappa shape index (κ2) is 7.85. The maximum atomic E-state index is 12.1. The van der Waals surface area contributed by atoms with Gasteiger partial charge in [0.25, 0.3) is 0 Å². The highest BCUT2D eigenvalue weighted by atomic mass is 16.2. The third-order valence-electron chi connectivity index (χ3n) is 4.43. The van der Waals surface area contributed by atoms with Gasteiger partial charge in [-0.1, -0.05) is 26.7 Å². The fourth-order valence-electron chi connectivity index (χ4n) is 3.03. The van der Waals surface area contributed by atoms with Crippen molar-refractivity contribution in [2.75, 3.05) is 19.6 Å². The molecule has 0 aromatic heterocycles. The van der Waals surface area contributed by atoms with Crippen molar-refractivity contribution in [1.82, 2.24) is 10.2 Å². The van der Waals surface area contributed by atoms with Crippen molar-refractivity contribution >= 4 is 5.91 Å². The number of nitrogens with one attached hydrogen (secondary N) is 1. The van der Waals surface area contributed by atoms with Gasteiger partial charge in [0.05, 0.1) is 6.54 Å². The van der Waals surface area contributed by atoms with Crippen LogP contribution in [0.5, 0.6) is 0 Å². The molecule has 0 saturated heterocycles. The maximum absolute atomic E-state index is 12.1. The standard InChI is InChI=1S/C15H31N3O/c1-4-10-18(11-14(19)17-13(3)5-2)15(12-16)8-6-7-9-15/h13H,4-12,16H2,1-3H3,(H,17,19). The van der Waals surface area contributed by atoms with Crippen molar-refractivity contribution in [3.63, 3.8) is 0 Å². The number of carbonyl (C=O) groups is 1. The van der Waals surface area contributed by atoms with Gasteiger partial charge in [-0.15, -0.1) is 0 Å². The summed E-state index contributed by atoms with van der Waals surface area (Å²) in [5, 5.41) is 3.06. The van der Waals surface area contributed by atoms with E-state index in [2.05, 4.69) is 31.0 Å². The molecule has 0 aliphatic heterocycles. The summed E-state index contributed by atoms with van der Waals surface area (Å²) in [7, 11) is 0. The Balaban J connectivity index is 2.63. The first-order valence-corrected chi connectivity index (χ1v) is 7.82. The lowest BCUT2D eigenvalue weighted by atomic mass is 9.94. The lowest BCUT2D eigenvalue weighted by Crippen LogP contribution is -2.55. The predicted molar refractivity (Wildman–Crippen MR) is 80.0 cm³/mol. The third-order valence-corrected chi connectivity index (χ3v) is 4.43. The van der Waals surface area contributed by atoms with E-state index in [0.29, 0.717) is 13.1 Å². The van der Waals surface area contributed by atoms with Gasteiger partial charge in [0.15, 0.2) is 0 Å². The summed E-state index contributed by atoms with van der Waals surface area (Å²) >= 11 is 0. The topological polar surface area (TPSA) is 58.4 Å². The van der Waals surface area contributed by atoms with E-state index in [0.717, 1.165) is 32.2 Å². The molecule has 4 heteroatoms. The van der Waals surface area contributed by atoms with Crippen LogP contribution in [0.3, 0.4) is 0 Å². The quantitative estimate of drug-likeness (QED) is 0.707. The average Bonchev–Trinajstić information content (AvgIpc) is 2.88. The van der Waals surface area contributed by atoms with E-state index in [1.54, 1.807) is 0 Å². The summed E-state index contributed by atoms with van der Waals surface area (Å²) in [6.45, 7) is 8.44. The summed E-state index contributed by atoms with van der Waals surface area (Å²) < 4.78 is 0. The normalized spacial score (nSPS) is 19.6. The first-order chi connectivity index (χ1) is 9.07. The molecule has 0 aromatic carbocycles. The van der Waals surface area contributed by atoms with E-state index in [4.69, 9.17) is 5.73 Å². The number of nitrogens with zero attached hydrogens (tertiary/aromatic N) is 1. The molecule has 0 bridgehead atoms. The van der Waals surface area contributed by atoms with E-state index in [9.17, 15) is 4.79 Å².